The molecular weight excluding hydrogens is 366 g/mol. The molecule has 148 valence electrons. The number of fused-ring (bicyclic) bond motifs is 1. The Labute approximate surface area is 169 Å². The third-order valence-electron chi connectivity index (χ3n) is 4.93. The van der Waals surface area contributed by atoms with Crippen LogP contribution in [0.15, 0.2) is 60.9 Å². The molecule has 0 fully saturated rings. The van der Waals surface area contributed by atoms with Gasteiger partial charge in [-0.25, -0.2) is 4.98 Å². The summed E-state index contributed by atoms with van der Waals surface area (Å²) in [5.41, 5.74) is 3.84. The van der Waals surface area contributed by atoms with Gasteiger partial charge < -0.3 is 20.5 Å². The van der Waals surface area contributed by atoms with Crippen molar-refractivity contribution in [3.63, 3.8) is 0 Å². The highest BCUT2D eigenvalue weighted by Gasteiger charge is 2.23. The summed E-state index contributed by atoms with van der Waals surface area (Å²) in [6.45, 7) is 0.442. The lowest BCUT2D eigenvalue weighted by molar-refractivity contribution is -0.123. The van der Waals surface area contributed by atoms with Gasteiger partial charge in [0.25, 0.3) is 0 Å². The van der Waals surface area contributed by atoms with Gasteiger partial charge in [-0.1, -0.05) is 30.3 Å². The molecule has 7 nitrogen and oxygen atoms in total. The predicted molar refractivity (Wildman–Crippen MR) is 112 cm³/mol. The predicted octanol–water partition coefficient (Wildman–Crippen LogP) is 3.14. The summed E-state index contributed by atoms with van der Waals surface area (Å²) in [5, 5.41) is 6.06. The number of aromatic amines is 1. The van der Waals surface area contributed by atoms with Gasteiger partial charge in [0, 0.05) is 36.7 Å². The molecule has 29 heavy (non-hydrogen) atoms. The molecule has 2 aromatic carbocycles. The van der Waals surface area contributed by atoms with Gasteiger partial charge >= 0.3 is 0 Å². The molecule has 0 aliphatic carbocycles. The van der Waals surface area contributed by atoms with Crippen molar-refractivity contribution >= 4 is 29.1 Å². The molecule has 1 aromatic heterocycles. The largest absolute Gasteiger partial charge is 0.350 e. The fourth-order valence-corrected chi connectivity index (χ4v) is 3.43. The van der Waals surface area contributed by atoms with E-state index in [-0.39, 0.29) is 18.4 Å². The minimum atomic E-state index is -0.173. The highest BCUT2D eigenvalue weighted by molar-refractivity contribution is 5.99. The molecule has 3 N–H and O–H groups in total. The quantitative estimate of drug-likeness (QED) is 0.604. The molecule has 0 radical (unpaired) electrons. The first-order valence-corrected chi connectivity index (χ1v) is 9.69. The van der Waals surface area contributed by atoms with E-state index in [9.17, 15) is 9.59 Å². The monoisotopic (exact) mass is 389 g/mol. The first kappa shape index (κ1) is 18.7. The summed E-state index contributed by atoms with van der Waals surface area (Å²) < 4.78 is 0. The number of aryl methyl sites for hydroxylation is 1. The number of nitrogens with zero attached hydrogens (tertiary/aromatic N) is 2. The van der Waals surface area contributed by atoms with Gasteiger partial charge in [-0.2, -0.15) is 0 Å². The van der Waals surface area contributed by atoms with Crippen molar-refractivity contribution in [2.45, 2.75) is 25.8 Å². The van der Waals surface area contributed by atoms with Crippen molar-refractivity contribution in [3.8, 4) is 0 Å². The lowest BCUT2D eigenvalue weighted by atomic mass is 10.1. The number of nitrogens with one attached hydrogen (secondary N) is 3. The van der Waals surface area contributed by atoms with E-state index >= 15 is 0 Å². The van der Waals surface area contributed by atoms with Gasteiger partial charge in [0.15, 0.2) is 0 Å². The number of anilines is 3. The van der Waals surface area contributed by atoms with E-state index in [0.29, 0.717) is 18.9 Å². The fraction of sp³-hybridized carbons (Fsp3) is 0.227. The number of rotatable bonds is 6. The van der Waals surface area contributed by atoms with Crippen molar-refractivity contribution in [1.29, 1.82) is 0 Å². The number of para-hydroxylation sites is 1. The Morgan fingerprint density at radius 3 is 2.72 bits per heavy atom. The van der Waals surface area contributed by atoms with E-state index in [1.165, 1.54) is 0 Å². The Hall–Kier alpha value is -3.61. The molecule has 0 spiro atoms. The Morgan fingerprint density at radius 1 is 1.10 bits per heavy atom. The average molecular weight is 389 g/mol. The lowest BCUT2D eigenvalue weighted by Crippen LogP contribution is -2.40. The first-order valence-electron chi connectivity index (χ1n) is 9.69. The molecule has 1 aliphatic heterocycles. The van der Waals surface area contributed by atoms with Crippen molar-refractivity contribution in [2.75, 3.05) is 16.8 Å². The molecule has 3 aromatic rings. The van der Waals surface area contributed by atoms with E-state index in [1.54, 1.807) is 17.3 Å². The average Bonchev–Trinajstić information content (AvgIpc) is 3.19. The Morgan fingerprint density at radius 2 is 1.93 bits per heavy atom. The summed E-state index contributed by atoms with van der Waals surface area (Å²) in [6.07, 6.45) is 5.57. The van der Waals surface area contributed by atoms with Gasteiger partial charge in [0.2, 0.25) is 17.8 Å². The van der Waals surface area contributed by atoms with Crippen LogP contribution in [0, 0.1) is 0 Å². The zero-order chi connectivity index (χ0) is 20.1. The molecule has 1 aliphatic rings. The SMILES string of the molecule is O=C(CN1C(=O)CCCc2ccccc21)NCc1ccc(Nc2ncc[nH]2)cc1. The molecular formula is C22H23N5O2. The van der Waals surface area contributed by atoms with E-state index < -0.39 is 0 Å². The molecule has 0 saturated carbocycles. The first-order chi connectivity index (χ1) is 14.2. The number of benzene rings is 2. The van der Waals surface area contributed by atoms with Gasteiger partial charge in [-0.05, 0) is 42.2 Å². The summed E-state index contributed by atoms with van der Waals surface area (Å²) in [4.78, 5) is 33.7. The van der Waals surface area contributed by atoms with Crippen LogP contribution in [-0.2, 0) is 22.6 Å². The third-order valence-corrected chi connectivity index (χ3v) is 4.93. The fourth-order valence-electron chi connectivity index (χ4n) is 3.43. The molecule has 0 bridgehead atoms. The molecule has 4 rings (SSSR count). The number of hydrogen-bond donors (Lipinski definition) is 3. The summed E-state index contributed by atoms with van der Waals surface area (Å²) >= 11 is 0. The van der Waals surface area contributed by atoms with Crippen LogP contribution in [-0.4, -0.2) is 28.3 Å². The Balaban J connectivity index is 1.34. The van der Waals surface area contributed by atoms with Crippen LogP contribution in [0.2, 0.25) is 0 Å². The van der Waals surface area contributed by atoms with Crippen molar-refractivity contribution in [2.24, 2.45) is 0 Å². The minimum Gasteiger partial charge on any atom is -0.350 e. The highest BCUT2D eigenvalue weighted by Crippen LogP contribution is 2.26. The maximum absolute atomic E-state index is 12.5. The van der Waals surface area contributed by atoms with E-state index in [0.717, 1.165) is 35.3 Å². The van der Waals surface area contributed by atoms with E-state index in [4.69, 9.17) is 0 Å². The van der Waals surface area contributed by atoms with Crippen molar-refractivity contribution in [1.82, 2.24) is 15.3 Å². The summed E-state index contributed by atoms with van der Waals surface area (Å²) in [7, 11) is 0. The standard InChI is InChI=1S/C22H23N5O2/c28-20(15-27-19-6-2-1-4-17(19)5-3-7-21(27)29)25-14-16-8-10-18(11-9-16)26-22-23-12-13-24-22/h1-2,4,6,8-13H,3,5,7,14-15H2,(H,25,28)(H2,23,24,26). The Kier molecular flexibility index (Phi) is 5.56. The molecule has 0 unspecified atom stereocenters. The number of aromatic nitrogens is 2. The smallest absolute Gasteiger partial charge is 0.240 e. The van der Waals surface area contributed by atoms with Crippen LogP contribution in [0.5, 0.6) is 0 Å². The molecule has 0 saturated heterocycles. The van der Waals surface area contributed by atoms with Gasteiger partial charge in [-0.15, -0.1) is 0 Å². The maximum Gasteiger partial charge on any atom is 0.240 e. The maximum atomic E-state index is 12.5. The van der Waals surface area contributed by atoms with Gasteiger partial charge in [-0.3, -0.25) is 9.59 Å². The molecule has 2 heterocycles. The molecule has 2 amide bonds. The highest BCUT2D eigenvalue weighted by atomic mass is 16.2. The van der Waals surface area contributed by atoms with Gasteiger partial charge in [0.1, 0.15) is 6.54 Å². The number of amides is 2. The van der Waals surface area contributed by atoms with E-state index in [1.807, 2.05) is 48.5 Å². The van der Waals surface area contributed by atoms with Crippen LogP contribution >= 0.6 is 0 Å². The lowest BCUT2D eigenvalue weighted by Gasteiger charge is -2.22. The number of H-pyrrole nitrogens is 1. The second-order valence-corrected chi connectivity index (χ2v) is 7.00. The molecule has 7 heteroatoms. The summed E-state index contributed by atoms with van der Waals surface area (Å²) in [5.74, 6) is 0.500. The van der Waals surface area contributed by atoms with Crippen LogP contribution < -0.4 is 15.5 Å². The zero-order valence-electron chi connectivity index (χ0n) is 16.0. The molecule has 0 atom stereocenters. The van der Waals surface area contributed by atoms with Crippen LogP contribution in [0.1, 0.15) is 24.0 Å². The van der Waals surface area contributed by atoms with Crippen molar-refractivity contribution in [3.05, 3.63) is 72.1 Å². The van der Waals surface area contributed by atoms with Crippen LogP contribution in [0.25, 0.3) is 0 Å². The minimum absolute atomic E-state index is 0.00143. The van der Waals surface area contributed by atoms with E-state index in [2.05, 4.69) is 20.6 Å². The summed E-state index contributed by atoms with van der Waals surface area (Å²) in [6, 6.07) is 15.6. The number of hydrogen-bond acceptors (Lipinski definition) is 4. The number of imidazole rings is 1. The topological polar surface area (TPSA) is 90.1 Å². The normalized spacial score (nSPS) is 13.5. The van der Waals surface area contributed by atoms with Crippen molar-refractivity contribution < 1.29 is 9.59 Å². The Bertz CT molecular complexity index is 983. The second kappa shape index (κ2) is 8.60. The van der Waals surface area contributed by atoms with Crippen LogP contribution in [0.4, 0.5) is 17.3 Å². The zero-order valence-corrected chi connectivity index (χ0v) is 16.0. The van der Waals surface area contributed by atoms with Crippen LogP contribution in [0.3, 0.4) is 0 Å². The van der Waals surface area contributed by atoms with Gasteiger partial charge in [0.05, 0.1) is 0 Å². The number of carbonyl (C=O) groups is 2. The second-order valence-electron chi connectivity index (χ2n) is 7.00. The third kappa shape index (κ3) is 4.63. The number of carbonyl (C=O) groups excluding carboxylic acids is 2.